The molecular formula is C17H22N4O2. The lowest BCUT2D eigenvalue weighted by molar-refractivity contribution is 0.0698. The fourth-order valence-electron chi connectivity index (χ4n) is 2.10. The Labute approximate surface area is 136 Å². The van der Waals surface area contributed by atoms with Crippen LogP contribution in [0.3, 0.4) is 0 Å². The van der Waals surface area contributed by atoms with Gasteiger partial charge in [0.1, 0.15) is 5.82 Å². The van der Waals surface area contributed by atoms with Gasteiger partial charge < -0.3 is 15.7 Å². The second-order valence-electron chi connectivity index (χ2n) is 5.80. The second kappa shape index (κ2) is 7.58. The van der Waals surface area contributed by atoms with Gasteiger partial charge in [-0.2, -0.15) is 4.98 Å². The standard InChI is InChI=1S/C17H22N4O2/c1-11(2)8-9-18-17-19-12(3)10-15(21-17)20-14-7-5-4-6-13(14)16(22)23/h4-7,10-11H,8-9H2,1-3H3,(H,22,23)(H2,18,19,20,21). The van der Waals surface area contributed by atoms with E-state index in [0.717, 1.165) is 18.7 Å². The molecule has 0 aliphatic heterocycles. The molecule has 1 heterocycles. The van der Waals surface area contributed by atoms with Crippen LogP contribution < -0.4 is 10.6 Å². The maximum atomic E-state index is 11.3. The summed E-state index contributed by atoms with van der Waals surface area (Å²) in [5.74, 6) is 0.737. The summed E-state index contributed by atoms with van der Waals surface area (Å²) in [4.78, 5) is 20.0. The van der Waals surface area contributed by atoms with E-state index in [1.54, 1.807) is 30.3 Å². The van der Waals surface area contributed by atoms with Crippen molar-refractivity contribution in [1.29, 1.82) is 0 Å². The highest BCUT2D eigenvalue weighted by molar-refractivity contribution is 5.95. The maximum absolute atomic E-state index is 11.3. The van der Waals surface area contributed by atoms with Gasteiger partial charge in [0.05, 0.1) is 11.3 Å². The topological polar surface area (TPSA) is 87.1 Å². The molecule has 122 valence electrons. The third-order valence-corrected chi connectivity index (χ3v) is 3.28. The zero-order valence-electron chi connectivity index (χ0n) is 13.6. The van der Waals surface area contributed by atoms with Gasteiger partial charge >= 0.3 is 5.97 Å². The summed E-state index contributed by atoms with van der Waals surface area (Å²) in [6, 6.07) is 8.53. The monoisotopic (exact) mass is 314 g/mol. The molecule has 23 heavy (non-hydrogen) atoms. The Kier molecular flexibility index (Phi) is 5.51. The summed E-state index contributed by atoms with van der Waals surface area (Å²) >= 11 is 0. The first-order valence-electron chi connectivity index (χ1n) is 7.64. The van der Waals surface area contributed by atoms with E-state index in [0.29, 0.717) is 23.4 Å². The van der Waals surface area contributed by atoms with Gasteiger partial charge in [-0.25, -0.2) is 9.78 Å². The smallest absolute Gasteiger partial charge is 0.337 e. The van der Waals surface area contributed by atoms with Crippen molar-refractivity contribution in [3.05, 3.63) is 41.6 Å². The van der Waals surface area contributed by atoms with E-state index in [9.17, 15) is 9.90 Å². The Morgan fingerprint density at radius 3 is 2.70 bits per heavy atom. The number of aryl methyl sites for hydroxylation is 1. The molecule has 1 aromatic carbocycles. The van der Waals surface area contributed by atoms with Crippen molar-refractivity contribution in [2.75, 3.05) is 17.2 Å². The van der Waals surface area contributed by atoms with E-state index in [-0.39, 0.29) is 5.56 Å². The van der Waals surface area contributed by atoms with Crippen LogP contribution in [0.1, 0.15) is 36.3 Å². The van der Waals surface area contributed by atoms with Gasteiger partial charge in [-0.15, -0.1) is 0 Å². The predicted octanol–water partition coefficient (Wildman–Crippen LogP) is 3.68. The predicted molar refractivity (Wildman–Crippen MR) is 91.4 cm³/mol. The third-order valence-electron chi connectivity index (χ3n) is 3.28. The lowest BCUT2D eigenvalue weighted by atomic mass is 10.1. The lowest BCUT2D eigenvalue weighted by Gasteiger charge is -2.12. The third kappa shape index (κ3) is 4.95. The minimum absolute atomic E-state index is 0.207. The van der Waals surface area contributed by atoms with Crippen molar-refractivity contribution < 1.29 is 9.90 Å². The molecule has 0 amide bonds. The van der Waals surface area contributed by atoms with Crippen LogP contribution in [0.2, 0.25) is 0 Å². The van der Waals surface area contributed by atoms with Crippen LogP contribution >= 0.6 is 0 Å². The Morgan fingerprint density at radius 1 is 1.26 bits per heavy atom. The molecule has 0 unspecified atom stereocenters. The van der Waals surface area contributed by atoms with E-state index in [2.05, 4.69) is 34.4 Å². The van der Waals surface area contributed by atoms with Crippen molar-refractivity contribution in [2.24, 2.45) is 5.92 Å². The molecule has 0 aliphatic rings. The van der Waals surface area contributed by atoms with E-state index in [1.165, 1.54) is 0 Å². The van der Waals surface area contributed by atoms with Gasteiger partial charge in [-0.3, -0.25) is 0 Å². The zero-order chi connectivity index (χ0) is 16.8. The summed E-state index contributed by atoms with van der Waals surface area (Å²) in [6.45, 7) is 7.00. The number of carboxylic acid groups (broad SMARTS) is 1. The van der Waals surface area contributed by atoms with Crippen LogP contribution in [0, 0.1) is 12.8 Å². The first-order valence-corrected chi connectivity index (χ1v) is 7.64. The number of carbonyl (C=O) groups is 1. The van der Waals surface area contributed by atoms with Crippen LogP contribution in [0.4, 0.5) is 17.5 Å². The van der Waals surface area contributed by atoms with E-state index >= 15 is 0 Å². The number of anilines is 3. The Morgan fingerprint density at radius 2 is 2.00 bits per heavy atom. The highest BCUT2D eigenvalue weighted by atomic mass is 16.4. The highest BCUT2D eigenvalue weighted by Gasteiger charge is 2.10. The summed E-state index contributed by atoms with van der Waals surface area (Å²) in [5.41, 5.74) is 1.52. The van der Waals surface area contributed by atoms with Crippen LogP contribution in [-0.2, 0) is 0 Å². The molecule has 6 nitrogen and oxygen atoms in total. The SMILES string of the molecule is Cc1cc(Nc2ccccc2C(=O)O)nc(NCCC(C)C)n1. The fraction of sp³-hybridized carbons (Fsp3) is 0.353. The Bertz CT molecular complexity index is 686. The molecule has 0 atom stereocenters. The minimum Gasteiger partial charge on any atom is -0.478 e. The average molecular weight is 314 g/mol. The summed E-state index contributed by atoms with van der Waals surface area (Å²) in [5, 5.41) is 15.5. The van der Waals surface area contributed by atoms with E-state index < -0.39 is 5.97 Å². The molecular weight excluding hydrogens is 292 g/mol. The van der Waals surface area contributed by atoms with Gasteiger partial charge in [-0.05, 0) is 31.4 Å². The summed E-state index contributed by atoms with van der Waals surface area (Å²) < 4.78 is 0. The molecule has 0 saturated carbocycles. The van der Waals surface area contributed by atoms with Gasteiger partial charge in [0.25, 0.3) is 0 Å². The second-order valence-corrected chi connectivity index (χ2v) is 5.80. The van der Waals surface area contributed by atoms with Crippen molar-refractivity contribution in [1.82, 2.24) is 9.97 Å². The molecule has 0 bridgehead atoms. The van der Waals surface area contributed by atoms with Crippen LogP contribution in [0.15, 0.2) is 30.3 Å². The number of rotatable bonds is 7. The highest BCUT2D eigenvalue weighted by Crippen LogP contribution is 2.21. The number of aromatic nitrogens is 2. The van der Waals surface area contributed by atoms with Crippen molar-refractivity contribution in [3.8, 4) is 0 Å². The van der Waals surface area contributed by atoms with Gasteiger partial charge in [0, 0.05) is 18.3 Å². The number of carboxylic acids is 1. The van der Waals surface area contributed by atoms with Crippen LogP contribution in [-0.4, -0.2) is 27.6 Å². The summed E-state index contributed by atoms with van der Waals surface area (Å²) in [7, 11) is 0. The molecule has 2 rings (SSSR count). The van der Waals surface area contributed by atoms with Crippen LogP contribution in [0.5, 0.6) is 0 Å². The average Bonchev–Trinajstić information content (AvgIpc) is 2.46. The largest absolute Gasteiger partial charge is 0.478 e. The number of hydrogen-bond donors (Lipinski definition) is 3. The van der Waals surface area contributed by atoms with Gasteiger partial charge in [0.15, 0.2) is 0 Å². The molecule has 0 saturated heterocycles. The lowest BCUT2D eigenvalue weighted by Crippen LogP contribution is -2.10. The molecule has 6 heteroatoms. The fourth-order valence-corrected chi connectivity index (χ4v) is 2.10. The number of aromatic carboxylic acids is 1. The maximum Gasteiger partial charge on any atom is 0.337 e. The number of para-hydroxylation sites is 1. The normalized spacial score (nSPS) is 10.6. The quantitative estimate of drug-likeness (QED) is 0.722. The molecule has 0 spiro atoms. The minimum atomic E-state index is -0.978. The summed E-state index contributed by atoms with van der Waals surface area (Å²) in [6.07, 6.45) is 1.03. The van der Waals surface area contributed by atoms with Crippen molar-refractivity contribution in [2.45, 2.75) is 27.2 Å². The Balaban J connectivity index is 2.17. The first kappa shape index (κ1) is 16.7. The first-order chi connectivity index (χ1) is 11.0. The van der Waals surface area contributed by atoms with E-state index in [4.69, 9.17) is 0 Å². The molecule has 1 aromatic heterocycles. The molecule has 2 aromatic rings. The van der Waals surface area contributed by atoms with Gasteiger partial charge in [0.2, 0.25) is 5.95 Å². The number of nitrogens with zero attached hydrogens (tertiary/aromatic N) is 2. The zero-order valence-corrected chi connectivity index (χ0v) is 13.6. The molecule has 0 aliphatic carbocycles. The Hall–Kier alpha value is -2.63. The van der Waals surface area contributed by atoms with E-state index in [1.807, 2.05) is 6.92 Å². The van der Waals surface area contributed by atoms with Crippen LogP contribution in [0.25, 0.3) is 0 Å². The molecule has 0 fully saturated rings. The van der Waals surface area contributed by atoms with Gasteiger partial charge in [-0.1, -0.05) is 26.0 Å². The molecule has 0 radical (unpaired) electrons. The van der Waals surface area contributed by atoms with Crippen molar-refractivity contribution in [3.63, 3.8) is 0 Å². The molecule has 3 N–H and O–H groups in total. The number of benzene rings is 1. The van der Waals surface area contributed by atoms with Crippen molar-refractivity contribution >= 4 is 23.4 Å². The number of hydrogen-bond acceptors (Lipinski definition) is 5. The number of nitrogens with one attached hydrogen (secondary N) is 2.